The largest absolute Gasteiger partial charge is 0.416 e. The summed E-state index contributed by atoms with van der Waals surface area (Å²) in [6.07, 6.45) is -4.49. The van der Waals surface area contributed by atoms with Gasteiger partial charge in [-0.3, -0.25) is 4.79 Å². The molecular weight excluding hydrogens is 409 g/mol. The first kappa shape index (κ1) is 21.3. The summed E-state index contributed by atoms with van der Waals surface area (Å²) in [5.41, 5.74) is 0.0538. The molecule has 0 atom stereocenters. The Balaban J connectivity index is 1.82. The van der Waals surface area contributed by atoms with Crippen molar-refractivity contribution in [3.8, 4) is 0 Å². The minimum atomic E-state index is -4.49. The number of ether oxygens (including phenoxy) is 1. The highest BCUT2D eigenvalue weighted by molar-refractivity contribution is 7.89. The fraction of sp³-hybridized carbons (Fsp3) is 0.316. The van der Waals surface area contributed by atoms with Gasteiger partial charge in [-0.15, -0.1) is 0 Å². The van der Waals surface area contributed by atoms with Crippen molar-refractivity contribution in [2.75, 3.05) is 31.6 Å². The van der Waals surface area contributed by atoms with Crippen molar-refractivity contribution in [1.82, 2.24) is 4.31 Å². The topological polar surface area (TPSA) is 75.7 Å². The van der Waals surface area contributed by atoms with Gasteiger partial charge in [0.1, 0.15) is 0 Å². The lowest BCUT2D eigenvalue weighted by Gasteiger charge is -2.26. The number of halogens is 3. The van der Waals surface area contributed by atoms with Gasteiger partial charge in [0.2, 0.25) is 10.0 Å². The molecule has 2 aromatic rings. The number of hydrogen-bond acceptors (Lipinski definition) is 4. The van der Waals surface area contributed by atoms with Crippen LogP contribution < -0.4 is 5.32 Å². The highest BCUT2D eigenvalue weighted by atomic mass is 32.2. The lowest BCUT2D eigenvalue weighted by atomic mass is 10.1. The van der Waals surface area contributed by atoms with Crippen molar-refractivity contribution >= 4 is 21.6 Å². The van der Waals surface area contributed by atoms with Gasteiger partial charge in [-0.1, -0.05) is 6.07 Å². The lowest BCUT2D eigenvalue weighted by molar-refractivity contribution is -0.137. The van der Waals surface area contributed by atoms with Crippen molar-refractivity contribution in [2.24, 2.45) is 0 Å². The highest BCUT2D eigenvalue weighted by Gasteiger charge is 2.30. The predicted molar refractivity (Wildman–Crippen MR) is 100 cm³/mol. The van der Waals surface area contributed by atoms with E-state index in [4.69, 9.17) is 4.74 Å². The van der Waals surface area contributed by atoms with Crippen LogP contribution in [-0.4, -0.2) is 44.9 Å². The van der Waals surface area contributed by atoms with Gasteiger partial charge in [-0.25, -0.2) is 8.42 Å². The molecule has 0 bridgehead atoms. The Morgan fingerprint density at radius 1 is 1.07 bits per heavy atom. The van der Waals surface area contributed by atoms with Crippen molar-refractivity contribution in [3.05, 3.63) is 59.2 Å². The molecule has 0 aromatic heterocycles. The molecule has 2 aromatic carbocycles. The van der Waals surface area contributed by atoms with Crippen molar-refractivity contribution < 1.29 is 31.1 Å². The van der Waals surface area contributed by atoms with E-state index in [1.165, 1.54) is 16.4 Å². The third-order valence-corrected chi connectivity index (χ3v) is 6.43. The minimum Gasteiger partial charge on any atom is -0.379 e. The molecule has 156 valence electrons. The average Bonchev–Trinajstić information content (AvgIpc) is 2.69. The Kier molecular flexibility index (Phi) is 5.97. The number of carbonyl (C=O) groups excluding carboxylic acids is 1. The summed E-state index contributed by atoms with van der Waals surface area (Å²) >= 11 is 0. The molecule has 1 N–H and O–H groups in total. The van der Waals surface area contributed by atoms with Crippen LogP contribution in [0.15, 0.2) is 47.4 Å². The van der Waals surface area contributed by atoms with Crippen molar-refractivity contribution in [1.29, 1.82) is 0 Å². The molecule has 1 aliphatic heterocycles. The Hall–Kier alpha value is -2.43. The normalized spacial score (nSPS) is 15.9. The Morgan fingerprint density at radius 2 is 1.69 bits per heavy atom. The molecule has 1 aliphatic rings. The molecule has 0 radical (unpaired) electrons. The number of morpholine rings is 1. The number of hydrogen-bond donors (Lipinski definition) is 1. The number of carbonyl (C=O) groups is 1. The number of amides is 1. The van der Waals surface area contributed by atoms with Crippen LogP contribution in [0.5, 0.6) is 0 Å². The van der Waals surface area contributed by atoms with Crippen LogP contribution in [0.25, 0.3) is 0 Å². The number of nitrogens with zero attached hydrogens (tertiary/aromatic N) is 1. The monoisotopic (exact) mass is 428 g/mol. The van der Waals surface area contributed by atoms with Crippen LogP contribution in [0.1, 0.15) is 21.5 Å². The fourth-order valence-electron chi connectivity index (χ4n) is 2.84. The van der Waals surface area contributed by atoms with Crippen molar-refractivity contribution in [2.45, 2.75) is 18.0 Å². The van der Waals surface area contributed by atoms with E-state index in [0.29, 0.717) is 18.8 Å². The van der Waals surface area contributed by atoms with Gasteiger partial charge < -0.3 is 10.1 Å². The molecule has 1 amide bonds. The first-order valence-electron chi connectivity index (χ1n) is 8.76. The molecular formula is C19H19F3N2O4S. The predicted octanol–water partition coefficient (Wildman–Crippen LogP) is 3.29. The second-order valence-corrected chi connectivity index (χ2v) is 8.46. The van der Waals surface area contributed by atoms with Crippen LogP contribution in [0.4, 0.5) is 18.9 Å². The van der Waals surface area contributed by atoms with E-state index in [0.717, 1.165) is 24.3 Å². The van der Waals surface area contributed by atoms with Crippen LogP contribution >= 0.6 is 0 Å². The number of nitrogens with one attached hydrogen (secondary N) is 1. The van der Waals surface area contributed by atoms with E-state index in [2.05, 4.69) is 5.32 Å². The minimum absolute atomic E-state index is 0.0210. The molecule has 0 spiro atoms. The number of anilines is 1. The smallest absolute Gasteiger partial charge is 0.379 e. The summed E-state index contributed by atoms with van der Waals surface area (Å²) in [6, 6.07) is 8.15. The van der Waals surface area contributed by atoms with Crippen LogP contribution in [0.2, 0.25) is 0 Å². The molecule has 10 heteroatoms. The second kappa shape index (κ2) is 8.13. The number of sulfonamides is 1. The summed E-state index contributed by atoms with van der Waals surface area (Å²) < 4.78 is 70.0. The number of benzene rings is 2. The zero-order chi connectivity index (χ0) is 21.2. The second-order valence-electron chi connectivity index (χ2n) is 6.52. The zero-order valence-electron chi connectivity index (χ0n) is 15.5. The fourth-order valence-corrected chi connectivity index (χ4v) is 4.27. The third kappa shape index (κ3) is 4.77. The van der Waals surface area contributed by atoms with E-state index in [1.807, 2.05) is 0 Å². The lowest BCUT2D eigenvalue weighted by Crippen LogP contribution is -2.40. The summed E-state index contributed by atoms with van der Waals surface area (Å²) in [4.78, 5) is 12.4. The Labute approximate surface area is 166 Å². The summed E-state index contributed by atoms with van der Waals surface area (Å²) in [6.45, 7) is 2.78. The molecule has 0 saturated carbocycles. The van der Waals surface area contributed by atoms with Crippen molar-refractivity contribution in [3.63, 3.8) is 0 Å². The van der Waals surface area contributed by atoms with E-state index in [9.17, 15) is 26.4 Å². The van der Waals surface area contributed by atoms with Crippen LogP contribution in [0, 0.1) is 6.92 Å². The molecule has 1 heterocycles. The molecule has 0 aliphatic carbocycles. The van der Waals surface area contributed by atoms with E-state index < -0.39 is 27.7 Å². The molecule has 6 nitrogen and oxygen atoms in total. The van der Waals surface area contributed by atoms with Gasteiger partial charge >= 0.3 is 6.18 Å². The van der Waals surface area contributed by atoms with Gasteiger partial charge in [0, 0.05) is 24.3 Å². The van der Waals surface area contributed by atoms with Gasteiger partial charge in [0.05, 0.1) is 23.7 Å². The number of rotatable bonds is 4. The van der Waals surface area contributed by atoms with Gasteiger partial charge in [-0.2, -0.15) is 17.5 Å². The maximum Gasteiger partial charge on any atom is 0.416 e. The maximum atomic E-state index is 12.8. The average molecular weight is 428 g/mol. The molecule has 1 saturated heterocycles. The summed E-state index contributed by atoms with van der Waals surface area (Å²) in [7, 11) is -3.75. The molecule has 1 fully saturated rings. The van der Waals surface area contributed by atoms with Crippen LogP contribution in [-0.2, 0) is 20.9 Å². The first-order valence-corrected chi connectivity index (χ1v) is 10.2. The first-order chi connectivity index (χ1) is 13.6. The molecule has 0 unspecified atom stereocenters. The standard InChI is InChI=1S/C19H19F3N2O4S/c1-13-2-7-16(29(26,27)24-8-10-28-11-9-24)12-17(13)23-18(25)14-3-5-15(6-4-14)19(20,21)22/h2-7,12H,8-11H2,1H3,(H,23,25). The van der Waals surface area contributed by atoms with Gasteiger partial charge in [-0.05, 0) is 48.9 Å². The van der Waals surface area contributed by atoms with Gasteiger partial charge in [0.25, 0.3) is 5.91 Å². The quantitative estimate of drug-likeness (QED) is 0.811. The Bertz CT molecular complexity index is 999. The van der Waals surface area contributed by atoms with E-state index in [-0.39, 0.29) is 29.2 Å². The number of aryl methyl sites for hydroxylation is 1. The van der Waals surface area contributed by atoms with Crippen LogP contribution in [0.3, 0.4) is 0 Å². The highest BCUT2D eigenvalue weighted by Crippen LogP contribution is 2.29. The third-order valence-electron chi connectivity index (χ3n) is 4.54. The maximum absolute atomic E-state index is 12.8. The zero-order valence-corrected chi connectivity index (χ0v) is 16.3. The van der Waals surface area contributed by atoms with E-state index in [1.54, 1.807) is 13.0 Å². The summed E-state index contributed by atoms with van der Waals surface area (Å²) in [5, 5.41) is 2.57. The molecule has 3 rings (SSSR count). The number of alkyl halides is 3. The van der Waals surface area contributed by atoms with Gasteiger partial charge in [0.15, 0.2) is 0 Å². The molecule has 29 heavy (non-hydrogen) atoms. The SMILES string of the molecule is Cc1ccc(S(=O)(=O)N2CCOCC2)cc1NC(=O)c1ccc(C(F)(F)F)cc1. The Morgan fingerprint density at radius 3 is 2.28 bits per heavy atom. The van der Waals surface area contributed by atoms with E-state index >= 15 is 0 Å². The summed E-state index contributed by atoms with van der Waals surface area (Å²) in [5.74, 6) is -0.636.